The number of likely N-dealkylation sites (N-methyl/N-ethyl adjacent to an activating group) is 2. The first-order chi connectivity index (χ1) is 10.9. The maximum absolute atomic E-state index is 11.9. The van der Waals surface area contributed by atoms with E-state index in [1.807, 2.05) is 14.0 Å². The van der Waals surface area contributed by atoms with Gasteiger partial charge in [0.25, 0.3) is 5.91 Å². The number of quaternary nitrogens is 1. The summed E-state index contributed by atoms with van der Waals surface area (Å²) in [6, 6.07) is 6.62. The summed E-state index contributed by atoms with van der Waals surface area (Å²) in [6.07, 6.45) is 0. The predicted molar refractivity (Wildman–Crippen MR) is 89.9 cm³/mol. The van der Waals surface area contributed by atoms with Crippen LogP contribution in [-0.2, 0) is 9.59 Å². The van der Waals surface area contributed by atoms with E-state index in [2.05, 4.69) is 10.6 Å². The molecule has 0 heterocycles. The van der Waals surface area contributed by atoms with E-state index in [1.165, 1.54) is 0 Å². The van der Waals surface area contributed by atoms with E-state index < -0.39 is 6.04 Å². The predicted octanol–water partition coefficient (Wildman–Crippen LogP) is -0.126. The van der Waals surface area contributed by atoms with Crippen LogP contribution in [0.15, 0.2) is 24.3 Å². The van der Waals surface area contributed by atoms with Crippen molar-refractivity contribution in [3.8, 4) is 5.75 Å². The van der Waals surface area contributed by atoms with E-state index in [4.69, 9.17) is 16.3 Å². The molecule has 3 N–H and O–H groups in total. The van der Waals surface area contributed by atoms with E-state index >= 15 is 0 Å². The Morgan fingerprint density at radius 1 is 1.30 bits per heavy atom. The first kappa shape index (κ1) is 19.3. The van der Waals surface area contributed by atoms with Crippen molar-refractivity contribution in [3.63, 3.8) is 0 Å². The van der Waals surface area contributed by atoms with E-state index in [9.17, 15) is 9.59 Å². The van der Waals surface area contributed by atoms with Gasteiger partial charge in [0.15, 0.2) is 6.54 Å². The monoisotopic (exact) mass is 342 g/mol. The summed E-state index contributed by atoms with van der Waals surface area (Å²) < 4.78 is 5.59. The van der Waals surface area contributed by atoms with Crippen molar-refractivity contribution < 1.29 is 19.2 Å². The second-order valence-electron chi connectivity index (χ2n) is 5.37. The lowest BCUT2D eigenvalue weighted by Gasteiger charge is -2.17. The molecule has 0 fully saturated rings. The molecular formula is C16H25ClN3O3+. The third-order valence-corrected chi connectivity index (χ3v) is 3.45. The van der Waals surface area contributed by atoms with Crippen LogP contribution in [0.5, 0.6) is 5.75 Å². The fourth-order valence-corrected chi connectivity index (χ4v) is 2.05. The van der Waals surface area contributed by atoms with Crippen LogP contribution >= 0.6 is 11.6 Å². The van der Waals surface area contributed by atoms with Crippen LogP contribution in [0, 0.1) is 0 Å². The Hall–Kier alpha value is -1.79. The van der Waals surface area contributed by atoms with Crippen LogP contribution in [0.25, 0.3) is 0 Å². The van der Waals surface area contributed by atoms with Gasteiger partial charge in [-0.1, -0.05) is 11.6 Å². The molecule has 1 aromatic carbocycles. The van der Waals surface area contributed by atoms with Crippen molar-refractivity contribution in [2.24, 2.45) is 0 Å². The number of hydrogen-bond donors (Lipinski definition) is 3. The normalized spacial score (nSPS) is 13.0. The minimum Gasteiger partial charge on any atom is -0.488 e. The first-order valence-electron chi connectivity index (χ1n) is 7.69. The molecule has 1 rings (SSSR count). The van der Waals surface area contributed by atoms with Crippen molar-refractivity contribution in [1.82, 2.24) is 10.6 Å². The molecule has 6 nitrogen and oxygen atoms in total. The zero-order chi connectivity index (χ0) is 17.2. The van der Waals surface area contributed by atoms with Crippen LogP contribution in [0.4, 0.5) is 0 Å². The van der Waals surface area contributed by atoms with Gasteiger partial charge in [0, 0.05) is 11.6 Å². The number of hydrogen-bond acceptors (Lipinski definition) is 3. The van der Waals surface area contributed by atoms with Gasteiger partial charge in [0.1, 0.15) is 24.9 Å². The standard InChI is InChI=1S/C16H24ClN3O3/c1-4-18-16(22)12(2)19-15(21)11-20(3)9-10-23-14-7-5-13(17)6-8-14/h5-8,12H,4,9-11H2,1-3H3,(H,18,22)(H,19,21)/p+1/t12-/m1/s1. The number of carbonyl (C=O) groups is 2. The third-order valence-electron chi connectivity index (χ3n) is 3.20. The molecule has 0 saturated heterocycles. The second kappa shape index (κ2) is 10.1. The number of benzene rings is 1. The second-order valence-corrected chi connectivity index (χ2v) is 5.81. The van der Waals surface area contributed by atoms with E-state index in [0.29, 0.717) is 24.7 Å². The number of nitrogens with one attached hydrogen (secondary N) is 3. The molecular weight excluding hydrogens is 318 g/mol. The zero-order valence-corrected chi connectivity index (χ0v) is 14.6. The van der Waals surface area contributed by atoms with Crippen LogP contribution in [-0.4, -0.2) is 51.1 Å². The Labute approximate surface area is 142 Å². The summed E-state index contributed by atoms with van der Waals surface area (Å²) in [5.74, 6) is 0.411. The van der Waals surface area contributed by atoms with Gasteiger partial charge < -0.3 is 20.3 Å². The number of rotatable bonds is 9. The Balaban J connectivity index is 2.24. The van der Waals surface area contributed by atoms with Crippen molar-refractivity contribution >= 4 is 23.4 Å². The molecule has 128 valence electrons. The minimum atomic E-state index is -0.527. The van der Waals surface area contributed by atoms with Crippen LogP contribution in [0.1, 0.15) is 13.8 Å². The SMILES string of the molecule is CCNC(=O)[C@@H](C)NC(=O)C[NH+](C)CCOc1ccc(Cl)cc1. The summed E-state index contributed by atoms with van der Waals surface area (Å²) in [7, 11) is 1.90. The maximum atomic E-state index is 11.9. The molecule has 7 heteroatoms. The minimum absolute atomic E-state index is 0.159. The smallest absolute Gasteiger partial charge is 0.275 e. The number of halogens is 1. The fraction of sp³-hybridized carbons (Fsp3) is 0.500. The maximum Gasteiger partial charge on any atom is 0.275 e. The van der Waals surface area contributed by atoms with Crippen LogP contribution in [0.2, 0.25) is 5.02 Å². The molecule has 23 heavy (non-hydrogen) atoms. The summed E-state index contributed by atoms with van der Waals surface area (Å²) in [5, 5.41) is 6.02. The van der Waals surface area contributed by atoms with Gasteiger partial charge >= 0.3 is 0 Å². The van der Waals surface area contributed by atoms with Gasteiger partial charge in [0.2, 0.25) is 5.91 Å². The average molecular weight is 343 g/mol. The molecule has 0 bridgehead atoms. The van der Waals surface area contributed by atoms with Crippen molar-refractivity contribution in [1.29, 1.82) is 0 Å². The lowest BCUT2D eigenvalue weighted by Crippen LogP contribution is -3.10. The van der Waals surface area contributed by atoms with Crippen molar-refractivity contribution in [3.05, 3.63) is 29.3 Å². The Bertz CT molecular complexity index is 508. The molecule has 0 aliphatic heterocycles. The van der Waals surface area contributed by atoms with Crippen LogP contribution < -0.4 is 20.3 Å². The summed E-state index contributed by atoms with van der Waals surface area (Å²) >= 11 is 5.80. The highest BCUT2D eigenvalue weighted by molar-refractivity contribution is 6.30. The molecule has 0 saturated carbocycles. The van der Waals surface area contributed by atoms with E-state index in [-0.39, 0.29) is 18.4 Å². The molecule has 1 aromatic rings. The Morgan fingerprint density at radius 2 is 1.96 bits per heavy atom. The fourth-order valence-electron chi connectivity index (χ4n) is 1.92. The summed E-state index contributed by atoms with van der Waals surface area (Å²) in [6.45, 7) is 5.51. The van der Waals surface area contributed by atoms with Gasteiger partial charge in [-0.2, -0.15) is 0 Å². The largest absolute Gasteiger partial charge is 0.488 e. The molecule has 2 atom stereocenters. The number of amides is 2. The quantitative estimate of drug-likeness (QED) is 0.585. The molecule has 0 spiro atoms. The van der Waals surface area contributed by atoms with Gasteiger partial charge in [-0.15, -0.1) is 0 Å². The lowest BCUT2D eigenvalue weighted by molar-refractivity contribution is -0.871. The lowest BCUT2D eigenvalue weighted by atomic mass is 10.3. The van der Waals surface area contributed by atoms with E-state index in [1.54, 1.807) is 31.2 Å². The Morgan fingerprint density at radius 3 is 2.57 bits per heavy atom. The van der Waals surface area contributed by atoms with Crippen molar-refractivity contribution in [2.75, 3.05) is 33.3 Å². The van der Waals surface area contributed by atoms with Gasteiger partial charge in [-0.25, -0.2) is 0 Å². The summed E-state index contributed by atoms with van der Waals surface area (Å²) in [5.41, 5.74) is 0. The molecule has 2 amide bonds. The highest BCUT2D eigenvalue weighted by Gasteiger charge is 2.17. The number of ether oxygens (including phenoxy) is 1. The van der Waals surface area contributed by atoms with Gasteiger partial charge in [-0.05, 0) is 38.1 Å². The van der Waals surface area contributed by atoms with E-state index in [0.717, 1.165) is 10.6 Å². The van der Waals surface area contributed by atoms with Crippen LogP contribution in [0.3, 0.4) is 0 Å². The van der Waals surface area contributed by atoms with Crippen molar-refractivity contribution in [2.45, 2.75) is 19.9 Å². The highest BCUT2D eigenvalue weighted by atomic mass is 35.5. The third kappa shape index (κ3) is 7.85. The zero-order valence-electron chi connectivity index (χ0n) is 13.8. The first-order valence-corrected chi connectivity index (χ1v) is 8.07. The molecule has 0 radical (unpaired) electrons. The molecule has 0 aromatic heterocycles. The number of carbonyl (C=O) groups excluding carboxylic acids is 2. The molecule has 0 aliphatic rings. The average Bonchev–Trinajstić information content (AvgIpc) is 2.49. The topological polar surface area (TPSA) is 71.9 Å². The molecule has 1 unspecified atom stereocenters. The Kier molecular flexibility index (Phi) is 8.43. The summed E-state index contributed by atoms with van der Waals surface area (Å²) in [4.78, 5) is 24.4. The molecule has 0 aliphatic carbocycles. The highest BCUT2D eigenvalue weighted by Crippen LogP contribution is 2.14. The van der Waals surface area contributed by atoms with Gasteiger partial charge in [-0.3, -0.25) is 9.59 Å². The van der Waals surface area contributed by atoms with Gasteiger partial charge in [0.05, 0.1) is 7.05 Å².